The van der Waals surface area contributed by atoms with E-state index in [1.54, 1.807) is 31.3 Å². The molecular weight excluding hydrogens is 212 g/mol. The van der Waals surface area contributed by atoms with Crippen LogP contribution in [0.4, 0.5) is 0 Å². The number of carbonyl (C=O) groups is 1. The van der Waals surface area contributed by atoms with Gasteiger partial charge in [0.2, 0.25) is 5.91 Å². The second-order valence-electron chi connectivity index (χ2n) is 3.07. The van der Waals surface area contributed by atoms with Gasteiger partial charge in [-0.3, -0.25) is 9.79 Å². The van der Waals surface area contributed by atoms with Crippen molar-refractivity contribution in [1.29, 1.82) is 0 Å². The fourth-order valence-electron chi connectivity index (χ4n) is 1.39. The lowest BCUT2D eigenvalue weighted by atomic mass is 10.1. The number of nitrogens with zero attached hydrogens (tertiary/aromatic N) is 1. The number of hydrogen-bond acceptors (Lipinski definition) is 4. The van der Waals surface area contributed by atoms with E-state index in [2.05, 4.69) is 10.3 Å². The fraction of sp³-hybridized carbons (Fsp3) is 0.200. The largest absolute Gasteiger partial charge is 0.508 e. The van der Waals surface area contributed by atoms with Crippen LogP contribution in [0.3, 0.4) is 0 Å². The molecule has 0 bridgehead atoms. The van der Waals surface area contributed by atoms with Crippen LogP contribution in [0, 0.1) is 0 Å². The van der Waals surface area contributed by atoms with Crippen molar-refractivity contribution in [2.45, 2.75) is 5.25 Å². The summed E-state index contributed by atoms with van der Waals surface area (Å²) in [5.74, 6) is 0.00426. The van der Waals surface area contributed by atoms with Crippen molar-refractivity contribution in [3.8, 4) is 5.75 Å². The average Bonchev–Trinajstić information content (AvgIpc) is 2.60. The predicted octanol–water partition coefficient (Wildman–Crippen LogP) is 1.28. The molecule has 1 atom stereocenters. The molecule has 2 rings (SSSR count). The van der Waals surface area contributed by atoms with Crippen LogP contribution in [-0.4, -0.2) is 23.2 Å². The van der Waals surface area contributed by atoms with E-state index in [9.17, 15) is 9.90 Å². The van der Waals surface area contributed by atoms with Gasteiger partial charge in [-0.05, 0) is 6.07 Å². The van der Waals surface area contributed by atoms with Gasteiger partial charge in [-0.25, -0.2) is 0 Å². The molecule has 4 nitrogen and oxygen atoms in total. The minimum absolute atomic E-state index is 0.137. The van der Waals surface area contributed by atoms with E-state index >= 15 is 0 Å². The van der Waals surface area contributed by atoms with Gasteiger partial charge in [0.25, 0.3) is 0 Å². The summed E-state index contributed by atoms with van der Waals surface area (Å²) in [7, 11) is 1.62. The molecule has 1 aliphatic heterocycles. The summed E-state index contributed by atoms with van der Waals surface area (Å²) in [5, 5.41) is 12.4. The maximum Gasteiger partial charge on any atom is 0.244 e. The van der Waals surface area contributed by atoms with Crippen LogP contribution in [0.2, 0.25) is 0 Å². The third-order valence-electron chi connectivity index (χ3n) is 2.12. The molecule has 1 amide bonds. The Bertz CT molecular complexity index is 431. The maximum absolute atomic E-state index is 11.6. The number of amidine groups is 1. The van der Waals surface area contributed by atoms with Crippen LogP contribution >= 0.6 is 11.8 Å². The molecule has 1 heterocycles. The molecule has 0 radical (unpaired) electrons. The van der Waals surface area contributed by atoms with Crippen LogP contribution in [0.25, 0.3) is 0 Å². The standard InChI is InChI=1S/C10H10N2O2S/c1-11-10-12-9(14)8(15-10)6-4-2-3-5-7(6)13/h2-5,8,13H,1H3,(H,11,12,14)/t8-/m0/s1. The number of aromatic hydroxyl groups is 1. The summed E-state index contributed by atoms with van der Waals surface area (Å²) >= 11 is 1.32. The third kappa shape index (κ3) is 1.83. The SMILES string of the molecule is CN=C1NC(=O)[C@H](c2ccccc2O)S1. The topological polar surface area (TPSA) is 61.7 Å². The molecule has 5 heteroatoms. The Morgan fingerprint density at radius 1 is 1.47 bits per heavy atom. The Morgan fingerprint density at radius 2 is 2.20 bits per heavy atom. The quantitative estimate of drug-likeness (QED) is 0.752. The van der Waals surface area contributed by atoms with Gasteiger partial charge in [0.15, 0.2) is 5.17 Å². The normalized spacial score (nSPS) is 23.1. The number of para-hydroxylation sites is 1. The lowest BCUT2D eigenvalue weighted by Crippen LogP contribution is -2.21. The van der Waals surface area contributed by atoms with Crippen LogP contribution < -0.4 is 5.32 Å². The molecular formula is C10H10N2O2S. The number of thioether (sulfide) groups is 1. The van der Waals surface area contributed by atoms with Crippen molar-refractivity contribution in [2.24, 2.45) is 4.99 Å². The molecule has 0 saturated carbocycles. The lowest BCUT2D eigenvalue weighted by molar-refractivity contribution is -0.118. The van der Waals surface area contributed by atoms with Crippen LogP contribution in [0.1, 0.15) is 10.8 Å². The van der Waals surface area contributed by atoms with E-state index in [0.717, 1.165) is 0 Å². The fourth-order valence-corrected chi connectivity index (χ4v) is 2.37. The van der Waals surface area contributed by atoms with Crippen LogP contribution in [-0.2, 0) is 4.79 Å². The highest BCUT2D eigenvalue weighted by molar-refractivity contribution is 8.15. The van der Waals surface area contributed by atoms with E-state index in [-0.39, 0.29) is 11.7 Å². The Kier molecular flexibility index (Phi) is 2.64. The van der Waals surface area contributed by atoms with Gasteiger partial charge in [0, 0.05) is 12.6 Å². The van der Waals surface area contributed by atoms with Gasteiger partial charge < -0.3 is 10.4 Å². The van der Waals surface area contributed by atoms with Crippen molar-refractivity contribution in [1.82, 2.24) is 5.32 Å². The molecule has 15 heavy (non-hydrogen) atoms. The molecule has 1 aromatic carbocycles. The van der Waals surface area contributed by atoms with Gasteiger partial charge in [0.05, 0.1) is 0 Å². The molecule has 78 valence electrons. The van der Waals surface area contributed by atoms with E-state index in [1.165, 1.54) is 11.8 Å². The summed E-state index contributed by atoms with van der Waals surface area (Å²) in [6.45, 7) is 0. The smallest absolute Gasteiger partial charge is 0.244 e. The molecule has 2 N–H and O–H groups in total. The average molecular weight is 222 g/mol. The van der Waals surface area contributed by atoms with Crippen molar-refractivity contribution >= 4 is 22.8 Å². The van der Waals surface area contributed by atoms with Crippen molar-refractivity contribution in [3.05, 3.63) is 29.8 Å². The molecule has 1 saturated heterocycles. The zero-order chi connectivity index (χ0) is 10.8. The highest BCUT2D eigenvalue weighted by Gasteiger charge is 2.32. The number of nitrogens with one attached hydrogen (secondary N) is 1. The summed E-state index contributed by atoms with van der Waals surface area (Å²) < 4.78 is 0. The Labute approximate surface area is 91.4 Å². The second kappa shape index (κ2) is 3.94. The number of benzene rings is 1. The highest BCUT2D eigenvalue weighted by atomic mass is 32.2. The van der Waals surface area contributed by atoms with Gasteiger partial charge in [0.1, 0.15) is 11.0 Å². The third-order valence-corrected chi connectivity index (χ3v) is 3.33. The van der Waals surface area contributed by atoms with E-state index in [0.29, 0.717) is 10.7 Å². The minimum atomic E-state index is -0.398. The molecule has 1 fully saturated rings. The van der Waals surface area contributed by atoms with Gasteiger partial charge >= 0.3 is 0 Å². The summed E-state index contributed by atoms with van der Waals surface area (Å²) in [6, 6.07) is 6.84. The number of hydrogen-bond donors (Lipinski definition) is 2. The molecule has 0 aromatic heterocycles. The summed E-state index contributed by atoms with van der Waals surface area (Å²) in [4.78, 5) is 15.5. The Morgan fingerprint density at radius 3 is 2.80 bits per heavy atom. The van der Waals surface area contributed by atoms with Crippen LogP contribution in [0.5, 0.6) is 5.75 Å². The number of carbonyl (C=O) groups excluding carboxylic acids is 1. The Hall–Kier alpha value is -1.49. The predicted molar refractivity (Wildman–Crippen MR) is 59.9 cm³/mol. The first-order chi connectivity index (χ1) is 7.22. The lowest BCUT2D eigenvalue weighted by Gasteiger charge is -2.07. The number of amides is 1. The minimum Gasteiger partial charge on any atom is -0.508 e. The van der Waals surface area contributed by atoms with E-state index < -0.39 is 5.25 Å². The highest BCUT2D eigenvalue weighted by Crippen LogP contribution is 2.38. The van der Waals surface area contributed by atoms with E-state index in [1.807, 2.05) is 0 Å². The maximum atomic E-state index is 11.6. The van der Waals surface area contributed by atoms with Gasteiger partial charge in [-0.2, -0.15) is 0 Å². The van der Waals surface area contributed by atoms with Crippen molar-refractivity contribution in [3.63, 3.8) is 0 Å². The number of aliphatic imine (C=N–C) groups is 1. The van der Waals surface area contributed by atoms with E-state index in [4.69, 9.17) is 0 Å². The second-order valence-corrected chi connectivity index (χ2v) is 4.17. The summed E-state index contributed by atoms with van der Waals surface area (Å²) in [5.41, 5.74) is 0.624. The van der Waals surface area contributed by atoms with Crippen molar-refractivity contribution < 1.29 is 9.90 Å². The monoisotopic (exact) mass is 222 g/mol. The zero-order valence-electron chi connectivity index (χ0n) is 8.10. The molecule has 1 aliphatic rings. The molecule has 0 unspecified atom stereocenters. The number of phenolic OH excluding ortho intramolecular Hbond substituents is 1. The molecule has 0 spiro atoms. The van der Waals surface area contributed by atoms with Gasteiger partial charge in [-0.1, -0.05) is 30.0 Å². The van der Waals surface area contributed by atoms with Crippen LogP contribution in [0.15, 0.2) is 29.3 Å². The number of phenols is 1. The summed E-state index contributed by atoms with van der Waals surface area (Å²) in [6.07, 6.45) is 0. The molecule has 1 aromatic rings. The first-order valence-electron chi connectivity index (χ1n) is 4.44. The van der Waals surface area contributed by atoms with Gasteiger partial charge in [-0.15, -0.1) is 0 Å². The Balaban J connectivity index is 2.33. The first kappa shape index (κ1) is 10.0. The van der Waals surface area contributed by atoms with Crippen molar-refractivity contribution in [2.75, 3.05) is 7.05 Å². The number of rotatable bonds is 1. The first-order valence-corrected chi connectivity index (χ1v) is 5.32. The zero-order valence-corrected chi connectivity index (χ0v) is 8.91. The molecule has 0 aliphatic carbocycles.